The molecule has 1 unspecified atom stereocenters. The predicted octanol–water partition coefficient (Wildman–Crippen LogP) is 5.83. The fourth-order valence-corrected chi connectivity index (χ4v) is 5.21. The second-order valence-electron chi connectivity index (χ2n) is 6.82. The number of dihydropyridines is 1. The first-order chi connectivity index (χ1) is 13.8. The summed E-state index contributed by atoms with van der Waals surface area (Å²) in [4.78, 5) is 1.03. The number of hydrogen-bond donors (Lipinski definition) is 2. The molecule has 29 heavy (non-hydrogen) atoms. The molecule has 7 heteroatoms. The topological polar surface area (TPSA) is 85.6 Å². The number of allylic oxidation sites excluding steroid dienone is 2. The van der Waals surface area contributed by atoms with E-state index in [4.69, 9.17) is 28.9 Å². The highest BCUT2D eigenvalue weighted by Gasteiger charge is 2.34. The molecule has 0 fully saturated rings. The zero-order valence-corrected chi connectivity index (χ0v) is 18.4. The van der Waals surface area contributed by atoms with Crippen molar-refractivity contribution >= 4 is 35.0 Å². The van der Waals surface area contributed by atoms with E-state index in [1.54, 1.807) is 18.2 Å². The van der Waals surface area contributed by atoms with Crippen LogP contribution >= 0.6 is 35.0 Å². The number of nitrogens with two attached hydrogens (primary N) is 1. The molecule has 0 aliphatic carbocycles. The Kier molecular flexibility index (Phi) is 6.15. The molecule has 4 nitrogen and oxygen atoms in total. The van der Waals surface area contributed by atoms with Crippen molar-refractivity contribution in [1.82, 2.24) is 5.32 Å². The van der Waals surface area contributed by atoms with Gasteiger partial charge >= 0.3 is 0 Å². The Labute approximate surface area is 184 Å². The normalized spacial score (nSPS) is 16.3. The molecular formula is C22H18Cl2N4S. The van der Waals surface area contributed by atoms with E-state index in [-0.39, 0.29) is 11.4 Å². The molecule has 0 saturated carbocycles. The van der Waals surface area contributed by atoms with Crippen LogP contribution in [0.15, 0.2) is 57.2 Å². The Hall–Kier alpha value is -2.57. The summed E-state index contributed by atoms with van der Waals surface area (Å²) in [5, 5.41) is 24.1. The van der Waals surface area contributed by atoms with E-state index in [2.05, 4.69) is 29.6 Å². The first-order valence-corrected chi connectivity index (χ1v) is 10.4. The second kappa shape index (κ2) is 8.43. The van der Waals surface area contributed by atoms with Crippen LogP contribution in [0.2, 0.25) is 10.0 Å². The highest BCUT2D eigenvalue weighted by atomic mass is 35.5. The molecular weight excluding hydrogens is 423 g/mol. The van der Waals surface area contributed by atoms with Crippen LogP contribution in [0.4, 0.5) is 0 Å². The van der Waals surface area contributed by atoms with Gasteiger partial charge in [-0.15, -0.1) is 0 Å². The van der Waals surface area contributed by atoms with Gasteiger partial charge in [0.2, 0.25) is 0 Å². The highest BCUT2D eigenvalue weighted by Crippen LogP contribution is 2.46. The van der Waals surface area contributed by atoms with Crippen molar-refractivity contribution in [2.75, 3.05) is 0 Å². The van der Waals surface area contributed by atoms with Gasteiger partial charge in [0.15, 0.2) is 0 Å². The van der Waals surface area contributed by atoms with E-state index >= 15 is 0 Å². The summed E-state index contributed by atoms with van der Waals surface area (Å²) in [6.07, 6.45) is 0. The van der Waals surface area contributed by atoms with E-state index < -0.39 is 5.92 Å². The molecule has 2 aromatic carbocycles. The van der Waals surface area contributed by atoms with Crippen molar-refractivity contribution in [2.24, 2.45) is 5.73 Å². The minimum atomic E-state index is -0.735. The largest absolute Gasteiger partial charge is 0.384 e. The number of nitrogens with one attached hydrogen (secondary N) is 1. The molecule has 146 valence electrons. The predicted molar refractivity (Wildman–Crippen MR) is 118 cm³/mol. The molecule has 0 amide bonds. The Morgan fingerprint density at radius 1 is 1.00 bits per heavy atom. The van der Waals surface area contributed by atoms with Crippen LogP contribution in [0, 0.1) is 43.4 Å². The van der Waals surface area contributed by atoms with Gasteiger partial charge in [-0.3, -0.25) is 0 Å². The summed E-state index contributed by atoms with van der Waals surface area (Å²) in [6, 6.07) is 13.6. The molecule has 0 spiro atoms. The van der Waals surface area contributed by atoms with Gasteiger partial charge in [0, 0.05) is 20.5 Å². The lowest BCUT2D eigenvalue weighted by Gasteiger charge is -2.28. The SMILES string of the molecule is Cc1cc(C)c(SC2=C(C#N)C(c3c(Cl)cccc3Cl)C(C#N)=C(N)N2)c(C)c1. The minimum absolute atomic E-state index is 0.192. The first kappa shape index (κ1) is 21.1. The van der Waals surface area contributed by atoms with Gasteiger partial charge in [0.25, 0.3) is 0 Å². The van der Waals surface area contributed by atoms with Crippen LogP contribution in [-0.4, -0.2) is 0 Å². The molecule has 0 aromatic heterocycles. The third kappa shape index (κ3) is 3.95. The van der Waals surface area contributed by atoms with Gasteiger partial charge in [0.05, 0.1) is 34.2 Å². The number of rotatable bonds is 3. The van der Waals surface area contributed by atoms with Crippen molar-refractivity contribution in [1.29, 1.82) is 10.5 Å². The maximum absolute atomic E-state index is 10.0. The van der Waals surface area contributed by atoms with Gasteiger partial charge < -0.3 is 11.1 Å². The van der Waals surface area contributed by atoms with Crippen LogP contribution in [0.3, 0.4) is 0 Å². The zero-order valence-electron chi connectivity index (χ0n) is 16.1. The Morgan fingerprint density at radius 2 is 1.55 bits per heavy atom. The number of hydrogen-bond acceptors (Lipinski definition) is 5. The molecule has 0 bridgehead atoms. The van der Waals surface area contributed by atoms with E-state index in [9.17, 15) is 10.5 Å². The average Bonchev–Trinajstić information content (AvgIpc) is 2.64. The fourth-order valence-electron chi connectivity index (χ4n) is 3.51. The van der Waals surface area contributed by atoms with Crippen LogP contribution in [-0.2, 0) is 0 Å². The molecule has 0 radical (unpaired) electrons. The summed E-state index contributed by atoms with van der Waals surface area (Å²) in [5.41, 5.74) is 10.6. The van der Waals surface area contributed by atoms with E-state index in [0.29, 0.717) is 26.2 Å². The molecule has 3 N–H and O–H groups in total. The third-order valence-corrected chi connectivity index (χ3v) is 6.73. The molecule has 0 saturated heterocycles. The van der Waals surface area contributed by atoms with Crippen LogP contribution < -0.4 is 11.1 Å². The van der Waals surface area contributed by atoms with Gasteiger partial charge in [-0.1, -0.05) is 58.7 Å². The number of halogens is 2. The van der Waals surface area contributed by atoms with Crippen molar-refractivity contribution in [2.45, 2.75) is 31.6 Å². The zero-order chi connectivity index (χ0) is 21.3. The highest BCUT2D eigenvalue weighted by molar-refractivity contribution is 8.03. The van der Waals surface area contributed by atoms with Crippen LogP contribution in [0.5, 0.6) is 0 Å². The molecule has 1 atom stereocenters. The Morgan fingerprint density at radius 3 is 2.07 bits per heavy atom. The number of benzene rings is 2. The second-order valence-corrected chi connectivity index (χ2v) is 8.65. The molecule has 2 aromatic rings. The summed E-state index contributed by atoms with van der Waals surface area (Å²) in [7, 11) is 0. The first-order valence-electron chi connectivity index (χ1n) is 8.79. The summed E-state index contributed by atoms with van der Waals surface area (Å²) in [5.74, 6) is -0.543. The third-order valence-electron chi connectivity index (χ3n) is 4.70. The Bertz CT molecular complexity index is 1110. The minimum Gasteiger partial charge on any atom is -0.384 e. The molecule has 1 aliphatic rings. The fraction of sp³-hybridized carbons (Fsp3) is 0.182. The van der Waals surface area contributed by atoms with E-state index in [0.717, 1.165) is 16.0 Å². The van der Waals surface area contributed by atoms with Gasteiger partial charge in [-0.25, -0.2) is 0 Å². The lowest BCUT2D eigenvalue weighted by atomic mass is 9.84. The smallest absolute Gasteiger partial charge is 0.116 e. The molecule has 3 rings (SSSR count). The number of aryl methyl sites for hydroxylation is 3. The standard InChI is InChI=1S/C22H18Cl2N4S/c1-11-7-12(2)20(13(3)8-11)29-22-15(10-26)18(14(9-25)21(27)28-22)19-16(23)5-4-6-17(19)24/h4-8,18,28H,27H2,1-3H3. The van der Waals surface area contributed by atoms with Gasteiger partial charge in [0.1, 0.15) is 5.82 Å². The van der Waals surface area contributed by atoms with Crippen molar-refractivity contribution in [3.05, 3.63) is 84.6 Å². The summed E-state index contributed by atoms with van der Waals surface area (Å²) in [6.45, 7) is 6.10. The van der Waals surface area contributed by atoms with Gasteiger partial charge in [-0.2, -0.15) is 10.5 Å². The maximum atomic E-state index is 10.0. The molecule has 1 aliphatic heterocycles. The number of thioether (sulfide) groups is 1. The van der Waals surface area contributed by atoms with Crippen LogP contribution in [0.25, 0.3) is 0 Å². The summed E-state index contributed by atoms with van der Waals surface area (Å²) >= 11 is 14.3. The quantitative estimate of drug-likeness (QED) is 0.626. The summed E-state index contributed by atoms with van der Waals surface area (Å²) < 4.78 is 0. The monoisotopic (exact) mass is 440 g/mol. The van der Waals surface area contributed by atoms with E-state index in [1.165, 1.54) is 17.3 Å². The number of nitriles is 2. The Balaban J connectivity index is 2.22. The lowest BCUT2D eigenvalue weighted by molar-refractivity contribution is 0.840. The average molecular weight is 441 g/mol. The maximum Gasteiger partial charge on any atom is 0.116 e. The van der Waals surface area contributed by atoms with Crippen LogP contribution in [0.1, 0.15) is 28.2 Å². The molecule has 1 heterocycles. The van der Waals surface area contributed by atoms with Gasteiger partial charge in [-0.05, 0) is 44.0 Å². The van der Waals surface area contributed by atoms with E-state index in [1.807, 2.05) is 20.8 Å². The van der Waals surface area contributed by atoms with Crippen molar-refractivity contribution < 1.29 is 0 Å². The lowest BCUT2D eigenvalue weighted by Crippen LogP contribution is -2.29. The number of nitrogens with zero attached hydrogens (tertiary/aromatic N) is 2. The van der Waals surface area contributed by atoms with Crippen molar-refractivity contribution in [3.8, 4) is 12.1 Å². The van der Waals surface area contributed by atoms with Crippen molar-refractivity contribution in [3.63, 3.8) is 0 Å².